The Morgan fingerprint density at radius 1 is 1.04 bits per heavy atom. The molecule has 0 aliphatic heterocycles. The molecular formula is C16H17ClN2O5S. The lowest BCUT2D eigenvalue weighted by molar-refractivity contribution is -0.114. The standard InChI is InChI=1S/C16H17ClN2O5S/c1-10(20)18-14-6-4-11(8-13(14)17)19-25(21,22)12-5-7-15(23-2)16(9-12)24-3/h4-9,19H,1-3H3,(H,18,20). The second-order valence-electron chi connectivity index (χ2n) is 5.00. The predicted octanol–water partition coefficient (Wildman–Crippen LogP) is 3.12. The lowest BCUT2D eigenvalue weighted by Crippen LogP contribution is -2.13. The van der Waals surface area contributed by atoms with Gasteiger partial charge in [-0.1, -0.05) is 11.6 Å². The minimum Gasteiger partial charge on any atom is -0.493 e. The summed E-state index contributed by atoms with van der Waals surface area (Å²) < 4.78 is 37.7. The highest BCUT2D eigenvalue weighted by Gasteiger charge is 2.18. The molecule has 25 heavy (non-hydrogen) atoms. The van der Waals surface area contributed by atoms with Crippen molar-refractivity contribution in [2.24, 2.45) is 0 Å². The molecule has 0 radical (unpaired) electrons. The van der Waals surface area contributed by atoms with E-state index in [0.717, 1.165) is 0 Å². The van der Waals surface area contributed by atoms with Gasteiger partial charge in [0.25, 0.3) is 10.0 Å². The third-order valence-corrected chi connectivity index (χ3v) is 4.89. The van der Waals surface area contributed by atoms with Crippen LogP contribution >= 0.6 is 11.6 Å². The van der Waals surface area contributed by atoms with Crippen LogP contribution in [0.5, 0.6) is 11.5 Å². The van der Waals surface area contributed by atoms with Crippen molar-refractivity contribution in [3.8, 4) is 11.5 Å². The average molecular weight is 385 g/mol. The number of hydrogen-bond acceptors (Lipinski definition) is 5. The van der Waals surface area contributed by atoms with E-state index in [4.69, 9.17) is 21.1 Å². The van der Waals surface area contributed by atoms with Crippen molar-refractivity contribution in [1.82, 2.24) is 0 Å². The number of nitrogens with one attached hydrogen (secondary N) is 2. The SMILES string of the molecule is COc1ccc(S(=O)(=O)Nc2ccc(NC(C)=O)c(Cl)c2)cc1OC. The largest absolute Gasteiger partial charge is 0.493 e. The summed E-state index contributed by atoms with van der Waals surface area (Å²) in [7, 11) is -0.975. The molecule has 0 heterocycles. The fourth-order valence-corrected chi connectivity index (χ4v) is 3.36. The van der Waals surface area contributed by atoms with E-state index >= 15 is 0 Å². The van der Waals surface area contributed by atoms with Crippen LogP contribution in [0.15, 0.2) is 41.3 Å². The average Bonchev–Trinajstić information content (AvgIpc) is 2.56. The van der Waals surface area contributed by atoms with Crippen molar-refractivity contribution in [3.63, 3.8) is 0 Å². The topological polar surface area (TPSA) is 93.7 Å². The molecular weight excluding hydrogens is 368 g/mol. The highest BCUT2D eigenvalue weighted by atomic mass is 35.5. The minimum atomic E-state index is -3.86. The van der Waals surface area contributed by atoms with Crippen LogP contribution in [0.25, 0.3) is 0 Å². The van der Waals surface area contributed by atoms with Crippen molar-refractivity contribution >= 4 is 38.9 Å². The maximum absolute atomic E-state index is 12.5. The van der Waals surface area contributed by atoms with Gasteiger partial charge in [0.15, 0.2) is 11.5 Å². The second-order valence-corrected chi connectivity index (χ2v) is 7.09. The van der Waals surface area contributed by atoms with E-state index < -0.39 is 10.0 Å². The Morgan fingerprint density at radius 2 is 1.72 bits per heavy atom. The van der Waals surface area contributed by atoms with Crippen LogP contribution in [0.4, 0.5) is 11.4 Å². The molecule has 0 spiro atoms. The molecule has 0 atom stereocenters. The zero-order valence-corrected chi connectivity index (χ0v) is 15.4. The van der Waals surface area contributed by atoms with Crippen molar-refractivity contribution in [2.75, 3.05) is 24.3 Å². The number of ether oxygens (including phenoxy) is 2. The maximum atomic E-state index is 12.5. The van der Waals surface area contributed by atoms with Gasteiger partial charge in [0.2, 0.25) is 5.91 Å². The van der Waals surface area contributed by atoms with Gasteiger partial charge in [0.1, 0.15) is 0 Å². The minimum absolute atomic E-state index is 0.00668. The first kappa shape index (κ1) is 18.9. The Labute approximate surface area is 151 Å². The zero-order valence-electron chi connectivity index (χ0n) is 13.8. The van der Waals surface area contributed by atoms with E-state index in [1.807, 2.05) is 0 Å². The first-order chi connectivity index (χ1) is 11.8. The van der Waals surface area contributed by atoms with Gasteiger partial charge >= 0.3 is 0 Å². The molecule has 2 N–H and O–H groups in total. The van der Waals surface area contributed by atoms with Gasteiger partial charge in [-0.15, -0.1) is 0 Å². The van der Waals surface area contributed by atoms with Crippen LogP contribution in [0, 0.1) is 0 Å². The molecule has 0 unspecified atom stereocenters. The summed E-state index contributed by atoms with van der Waals surface area (Å²) >= 11 is 6.05. The van der Waals surface area contributed by atoms with Gasteiger partial charge in [0.05, 0.1) is 35.5 Å². The Balaban J connectivity index is 2.30. The number of rotatable bonds is 6. The highest BCUT2D eigenvalue weighted by Crippen LogP contribution is 2.31. The molecule has 0 aliphatic carbocycles. The number of carbonyl (C=O) groups is 1. The third kappa shape index (κ3) is 4.55. The number of anilines is 2. The third-order valence-electron chi connectivity index (χ3n) is 3.20. The molecule has 2 aromatic rings. The molecule has 0 saturated carbocycles. The fourth-order valence-electron chi connectivity index (χ4n) is 2.07. The van der Waals surface area contributed by atoms with Gasteiger partial charge < -0.3 is 14.8 Å². The molecule has 7 nitrogen and oxygen atoms in total. The molecule has 0 bridgehead atoms. The monoisotopic (exact) mass is 384 g/mol. The van der Waals surface area contributed by atoms with E-state index in [9.17, 15) is 13.2 Å². The molecule has 0 saturated heterocycles. The Kier molecular flexibility index (Phi) is 5.76. The lowest BCUT2D eigenvalue weighted by atomic mass is 10.3. The van der Waals surface area contributed by atoms with Crippen LogP contribution in [-0.2, 0) is 14.8 Å². The van der Waals surface area contributed by atoms with Crippen LogP contribution in [0.1, 0.15) is 6.92 Å². The summed E-state index contributed by atoms with van der Waals surface area (Å²) in [5.41, 5.74) is 0.650. The first-order valence-electron chi connectivity index (χ1n) is 7.09. The number of amides is 1. The molecule has 2 rings (SSSR count). The van der Waals surface area contributed by atoms with E-state index in [2.05, 4.69) is 10.0 Å². The molecule has 9 heteroatoms. The fraction of sp³-hybridized carbons (Fsp3) is 0.188. The zero-order chi connectivity index (χ0) is 18.6. The molecule has 0 aromatic heterocycles. The Morgan fingerprint density at radius 3 is 2.28 bits per heavy atom. The Hall–Kier alpha value is -2.45. The molecule has 0 fully saturated rings. The van der Waals surface area contributed by atoms with Gasteiger partial charge in [-0.05, 0) is 30.3 Å². The smallest absolute Gasteiger partial charge is 0.262 e. The number of hydrogen-bond donors (Lipinski definition) is 2. The predicted molar refractivity (Wildman–Crippen MR) is 96.1 cm³/mol. The second kappa shape index (κ2) is 7.62. The van der Waals surface area contributed by atoms with E-state index in [1.54, 1.807) is 0 Å². The van der Waals surface area contributed by atoms with Crippen molar-refractivity contribution in [1.29, 1.82) is 0 Å². The maximum Gasteiger partial charge on any atom is 0.262 e. The highest BCUT2D eigenvalue weighted by molar-refractivity contribution is 7.92. The van der Waals surface area contributed by atoms with E-state index in [1.165, 1.54) is 57.5 Å². The lowest BCUT2D eigenvalue weighted by Gasteiger charge is -2.12. The number of carbonyl (C=O) groups excluding carboxylic acids is 1. The quantitative estimate of drug-likeness (QED) is 0.798. The van der Waals surface area contributed by atoms with Gasteiger partial charge in [0, 0.05) is 13.0 Å². The molecule has 2 aromatic carbocycles. The number of sulfonamides is 1. The number of halogens is 1. The van der Waals surface area contributed by atoms with Crippen molar-refractivity contribution in [3.05, 3.63) is 41.4 Å². The van der Waals surface area contributed by atoms with Gasteiger partial charge in [-0.2, -0.15) is 0 Å². The normalized spacial score (nSPS) is 10.9. The number of benzene rings is 2. The van der Waals surface area contributed by atoms with Crippen molar-refractivity contribution in [2.45, 2.75) is 11.8 Å². The summed E-state index contributed by atoms with van der Waals surface area (Å²) in [6.07, 6.45) is 0. The molecule has 1 amide bonds. The summed E-state index contributed by atoms with van der Waals surface area (Å²) in [4.78, 5) is 11.1. The summed E-state index contributed by atoms with van der Waals surface area (Å²) in [6.45, 7) is 1.35. The summed E-state index contributed by atoms with van der Waals surface area (Å²) in [5.74, 6) is 0.439. The first-order valence-corrected chi connectivity index (χ1v) is 8.95. The van der Waals surface area contributed by atoms with E-state index in [0.29, 0.717) is 17.2 Å². The van der Waals surface area contributed by atoms with Crippen LogP contribution < -0.4 is 19.5 Å². The number of methoxy groups -OCH3 is 2. The van der Waals surface area contributed by atoms with E-state index in [-0.39, 0.29) is 21.5 Å². The van der Waals surface area contributed by atoms with Gasteiger partial charge in [-0.25, -0.2) is 8.42 Å². The van der Waals surface area contributed by atoms with Crippen LogP contribution in [0.3, 0.4) is 0 Å². The van der Waals surface area contributed by atoms with Gasteiger partial charge in [-0.3, -0.25) is 9.52 Å². The molecule has 134 valence electrons. The summed E-state index contributed by atoms with van der Waals surface area (Å²) in [6, 6.07) is 8.67. The van der Waals surface area contributed by atoms with Crippen molar-refractivity contribution < 1.29 is 22.7 Å². The van der Waals surface area contributed by atoms with Crippen LogP contribution in [-0.4, -0.2) is 28.5 Å². The summed E-state index contributed by atoms with van der Waals surface area (Å²) in [5, 5.41) is 2.75. The van der Waals surface area contributed by atoms with Crippen LogP contribution in [0.2, 0.25) is 5.02 Å². The Bertz CT molecular complexity index is 899. The molecule has 0 aliphatic rings.